The van der Waals surface area contributed by atoms with Crippen LogP contribution in [0, 0.1) is 0 Å². The van der Waals surface area contributed by atoms with Crippen molar-refractivity contribution in [3.05, 3.63) is 113 Å². The number of hydrogen-bond donors (Lipinski definition) is 2. The maximum atomic E-state index is 12.9. The van der Waals surface area contributed by atoms with Gasteiger partial charge in [0.25, 0.3) is 11.8 Å². The number of hydrazone groups is 1. The van der Waals surface area contributed by atoms with Crippen molar-refractivity contribution in [2.24, 2.45) is 5.10 Å². The number of ether oxygens (including phenoxy) is 2. The summed E-state index contributed by atoms with van der Waals surface area (Å²) in [5.74, 6) is 0.333. The Labute approximate surface area is 197 Å². The van der Waals surface area contributed by atoms with Crippen LogP contribution in [-0.4, -0.2) is 24.8 Å². The quantitative estimate of drug-likeness (QED) is 0.242. The van der Waals surface area contributed by atoms with Gasteiger partial charge in [0.2, 0.25) is 6.79 Å². The SMILES string of the molecule is CC(/C=C(\NC(=O)c1ccccc1)C(=O)NN=Cc1ccc2c(c1)OCO2)=C\c1ccccc1. The molecule has 3 aromatic carbocycles. The van der Waals surface area contributed by atoms with Gasteiger partial charge in [-0.1, -0.05) is 54.6 Å². The first-order chi connectivity index (χ1) is 16.6. The lowest BCUT2D eigenvalue weighted by molar-refractivity contribution is -0.117. The molecule has 3 aromatic rings. The number of amides is 2. The van der Waals surface area contributed by atoms with Crippen LogP contribution < -0.4 is 20.2 Å². The fraction of sp³-hybridized carbons (Fsp3) is 0.0741. The van der Waals surface area contributed by atoms with Crippen molar-refractivity contribution < 1.29 is 19.1 Å². The van der Waals surface area contributed by atoms with E-state index in [0.717, 1.165) is 16.7 Å². The van der Waals surface area contributed by atoms with Crippen LogP contribution in [0.3, 0.4) is 0 Å². The Kier molecular flexibility index (Phi) is 7.15. The molecule has 2 N–H and O–H groups in total. The van der Waals surface area contributed by atoms with Crippen molar-refractivity contribution in [1.29, 1.82) is 0 Å². The molecular formula is C27H23N3O4. The number of nitrogens with one attached hydrogen (secondary N) is 2. The predicted octanol–water partition coefficient (Wildman–Crippen LogP) is 4.28. The van der Waals surface area contributed by atoms with Crippen LogP contribution in [0.4, 0.5) is 0 Å². The van der Waals surface area contributed by atoms with Crippen LogP contribution in [0.25, 0.3) is 6.08 Å². The molecule has 1 aliphatic rings. The average Bonchev–Trinajstić information content (AvgIpc) is 3.32. The summed E-state index contributed by atoms with van der Waals surface area (Å²) in [5, 5.41) is 6.72. The number of benzene rings is 3. The van der Waals surface area contributed by atoms with Crippen molar-refractivity contribution >= 4 is 24.1 Å². The van der Waals surface area contributed by atoms with Crippen LogP contribution >= 0.6 is 0 Å². The summed E-state index contributed by atoms with van der Waals surface area (Å²) < 4.78 is 10.6. The van der Waals surface area contributed by atoms with Crippen molar-refractivity contribution in [2.75, 3.05) is 6.79 Å². The van der Waals surface area contributed by atoms with Gasteiger partial charge in [0.05, 0.1) is 6.21 Å². The normalized spacial score (nSPS) is 13.1. The summed E-state index contributed by atoms with van der Waals surface area (Å²) in [5.41, 5.74) is 5.47. The molecule has 1 aliphatic heterocycles. The van der Waals surface area contributed by atoms with Crippen LogP contribution in [0.5, 0.6) is 11.5 Å². The number of carbonyl (C=O) groups is 2. The molecule has 0 atom stereocenters. The molecule has 0 bridgehead atoms. The van der Waals surface area contributed by atoms with Gasteiger partial charge in [0.15, 0.2) is 11.5 Å². The highest BCUT2D eigenvalue weighted by atomic mass is 16.7. The molecule has 0 spiro atoms. The first-order valence-corrected chi connectivity index (χ1v) is 10.6. The van der Waals surface area contributed by atoms with Crippen molar-refractivity contribution in [3.63, 3.8) is 0 Å². The van der Waals surface area contributed by atoms with Crippen LogP contribution in [0.2, 0.25) is 0 Å². The molecule has 0 saturated carbocycles. The Morgan fingerprint density at radius 2 is 1.59 bits per heavy atom. The van der Waals surface area contributed by atoms with Gasteiger partial charge in [-0.2, -0.15) is 5.10 Å². The minimum absolute atomic E-state index is 0.0707. The molecule has 7 heteroatoms. The molecule has 4 rings (SSSR count). The molecule has 0 saturated heterocycles. The summed E-state index contributed by atoms with van der Waals surface area (Å²) in [6.45, 7) is 2.03. The zero-order valence-corrected chi connectivity index (χ0v) is 18.5. The van der Waals surface area contributed by atoms with Crippen LogP contribution in [0.15, 0.2) is 101 Å². The second-order valence-corrected chi connectivity index (χ2v) is 7.49. The molecular weight excluding hydrogens is 430 g/mol. The van der Waals surface area contributed by atoms with Crippen LogP contribution in [0.1, 0.15) is 28.4 Å². The lowest BCUT2D eigenvalue weighted by atomic mass is 10.1. The lowest BCUT2D eigenvalue weighted by Gasteiger charge is -2.09. The summed E-state index contributed by atoms with van der Waals surface area (Å²) in [4.78, 5) is 25.6. The fourth-order valence-corrected chi connectivity index (χ4v) is 3.24. The highest BCUT2D eigenvalue weighted by molar-refractivity contribution is 6.03. The van der Waals surface area contributed by atoms with E-state index in [0.29, 0.717) is 17.1 Å². The highest BCUT2D eigenvalue weighted by Crippen LogP contribution is 2.31. The predicted molar refractivity (Wildman–Crippen MR) is 130 cm³/mol. The molecule has 0 radical (unpaired) electrons. The van der Waals surface area contributed by atoms with E-state index in [2.05, 4.69) is 15.8 Å². The molecule has 0 aromatic heterocycles. The van der Waals surface area contributed by atoms with Gasteiger partial charge in [0.1, 0.15) is 5.70 Å². The minimum atomic E-state index is -0.554. The Balaban J connectivity index is 1.51. The Hall–Kier alpha value is -4.65. The van der Waals surface area contributed by atoms with Gasteiger partial charge in [0, 0.05) is 5.56 Å². The zero-order chi connectivity index (χ0) is 23.8. The smallest absolute Gasteiger partial charge is 0.287 e. The molecule has 34 heavy (non-hydrogen) atoms. The van der Waals surface area contributed by atoms with Gasteiger partial charge < -0.3 is 14.8 Å². The Morgan fingerprint density at radius 1 is 0.882 bits per heavy atom. The molecule has 0 unspecified atom stereocenters. The van der Waals surface area contributed by atoms with Gasteiger partial charge in [-0.25, -0.2) is 5.43 Å². The van der Waals surface area contributed by atoms with Gasteiger partial charge in [-0.15, -0.1) is 0 Å². The van der Waals surface area contributed by atoms with E-state index < -0.39 is 11.8 Å². The number of carbonyl (C=O) groups excluding carboxylic acids is 2. The summed E-state index contributed by atoms with van der Waals surface area (Å²) in [7, 11) is 0. The molecule has 1 heterocycles. The molecule has 170 valence electrons. The molecule has 2 amide bonds. The van der Waals surface area contributed by atoms with Gasteiger partial charge in [-0.3, -0.25) is 9.59 Å². The summed E-state index contributed by atoms with van der Waals surface area (Å²) in [6.07, 6.45) is 5.01. The fourth-order valence-electron chi connectivity index (χ4n) is 3.24. The average molecular weight is 453 g/mol. The first kappa shape index (κ1) is 22.5. The second-order valence-electron chi connectivity index (χ2n) is 7.49. The third-order valence-electron chi connectivity index (χ3n) is 4.87. The van der Waals surface area contributed by atoms with E-state index in [9.17, 15) is 9.59 Å². The topological polar surface area (TPSA) is 89.0 Å². The van der Waals surface area contributed by atoms with E-state index in [4.69, 9.17) is 9.47 Å². The van der Waals surface area contributed by atoms with E-state index in [1.807, 2.05) is 49.4 Å². The third-order valence-corrected chi connectivity index (χ3v) is 4.87. The minimum Gasteiger partial charge on any atom is -0.454 e. The van der Waals surface area contributed by atoms with E-state index in [1.54, 1.807) is 48.5 Å². The third kappa shape index (κ3) is 5.98. The van der Waals surface area contributed by atoms with Crippen molar-refractivity contribution in [1.82, 2.24) is 10.7 Å². The van der Waals surface area contributed by atoms with Gasteiger partial charge in [-0.05, 0) is 60.0 Å². The number of allylic oxidation sites excluding steroid dienone is 2. The maximum Gasteiger partial charge on any atom is 0.287 e. The molecule has 7 nitrogen and oxygen atoms in total. The van der Waals surface area contributed by atoms with E-state index in [-0.39, 0.29) is 12.5 Å². The van der Waals surface area contributed by atoms with Crippen molar-refractivity contribution in [2.45, 2.75) is 6.92 Å². The lowest BCUT2D eigenvalue weighted by Crippen LogP contribution is -2.33. The number of fused-ring (bicyclic) bond motifs is 1. The number of nitrogens with zero attached hydrogens (tertiary/aromatic N) is 1. The van der Waals surface area contributed by atoms with E-state index in [1.165, 1.54) is 6.21 Å². The first-order valence-electron chi connectivity index (χ1n) is 10.6. The highest BCUT2D eigenvalue weighted by Gasteiger charge is 2.15. The van der Waals surface area contributed by atoms with Crippen LogP contribution in [-0.2, 0) is 4.79 Å². The summed E-state index contributed by atoms with van der Waals surface area (Å²) >= 11 is 0. The Bertz CT molecular complexity index is 1270. The number of hydrogen-bond acceptors (Lipinski definition) is 5. The second kappa shape index (κ2) is 10.8. The summed E-state index contributed by atoms with van der Waals surface area (Å²) in [6, 6.07) is 23.7. The largest absolute Gasteiger partial charge is 0.454 e. The van der Waals surface area contributed by atoms with Crippen molar-refractivity contribution in [3.8, 4) is 11.5 Å². The maximum absolute atomic E-state index is 12.9. The standard InChI is InChI=1S/C27H23N3O4/c1-19(14-20-8-4-2-5-9-20)15-23(29-26(31)22-10-6-3-7-11-22)27(32)30-28-17-21-12-13-24-25(16-21)34-18-33-24/h2-17H,18H2,1H3,(H,29,31)(H,30,32)/b19-14+,23-15-,28-17?. The monoisotopic (exact) mass is 453 g/mol. The Morgan fingerprint density at radius 3 is 2.35 bits per heavy atom. The van der Waals surface area contributed by atoms with Gasteiger partial charge >= 0.3 is 0 Å². The zero-order valence-electron chi connectivity index (χ0n) is 18.5. The van der Waals surface area contributed by atoms with E-state index >= 15 is 0 Å². The molecule has 0 fully saturated rings. The number of rotatable bonds is 7. The molecule has 0 aliphatic carbocycles.